The average molecular weight is 301 g/mol. The van der Waals surface area contributed by atoms with E-state index in [-0.39, 0.29) is 23.3 Å². The number of aromatic nitrogens is 2. The molecule has 22 heavy (non-hydrogen) atoms. The molecule has 2 N–H and O–H groups in total. The summed E-state index contributed by atoms with van der Waals surface area (Å²) in [7, 11) is 0. The Bertz CT molecular complexity index is 696. The summed E-state index contributed by atoms with van der Waals surface area (Å²) in [5, 5.41) is 12.5. The molecule has 1 aromatic carbocycles. The van der Waals surface area contributed by atoms with Crippen molar-refractivity contribution in [1.29, 1.82) is 0 Å². The van der Waals surface area contributed by atoms with Crippen molar-refractivity contribution in [3.8, 4) is 5.75 Å². The lowest BCUT2D eigenvalue weighted by molar-refractivity contribution is 0.0922. The van der Waals surface area contributed by atoms with Crippen molar-refractivity contribution in [2.24, 2.45) is 5.92 Å². The van der Waals surface area contributed by atoms with Gasteiger partial charge in [0, 0.05) is 11.9 Å². The molecule has 1 aliphatic carbocycles. The van der Waals surface area contributed by atoms with Gasteiger partial charge in [-0.3, -0.25) is 4.79 Å². The van der Waals surface area contributed by atoms with Crippen LogP contribution in [0.3, 0.4) is 0 Å². The summed E-state index contributed by atoms with van der Waals surface area (Å²) in [5.74, 6) is -1.02. The first-order valence-electron chi connectivity index (χ1n) is 7.14. The van der Waals surface area contributed by atoms with Gasteiger partial charge in [-0.15, -0.1) is 0 Å². The van der Waals surface area contributed by atoms with Crippen LogP contribution in [0.15, 0.2) is 30.5 Å². The van der Waals surface area contributed by atoms with E-state index >= 15 is 0 Å². The predicted molar refractivity (Wildman–Crippen MR) is 77.8 cm³/mol. The number of hydrogen-bond acceptors (Lipinski definition) is 4. The summed E-state index contributed by atoms with van der Waals surface area (Å²) in [5.41, 5.74) is 0.458. The van der Waals surface area contributed by atoms with Gasteiger partial charge in [0.25, 0.3) is 5.91 Å². The molecular formula is C16H16FN3O2. The van der Waals surface area contributed by atoms with E-state index in [1.165, 1.54) is 12.1 Å². The maximum atomic E-state index is 13.8. The van der Waals surface area contributed by atoms with Crippen molar-refractivity contribution in [2.75, 3.05) is 0 Å². The molecule has 0 spiro atoms. The van der Waals surface area contributed by atoms with Crippen molar-refractivity contribution >= 4 is 5.91 Å². The Morgan fingerprint density at radius 3 is 2.82 bits per heavy atom. The zero-order chi connectivity index (χ0) is 15.7. The topological polar surface area (TPSA) is 75.1 Å². The largest absolute Gasteiger partial charge is 0.507 e. The first kappa shape index (κ1) is 14.4. The average Bonchev–Trinajstić information content (AvgIpc) is 3.29. The smallest absolute Gasteiger partial charge is 0.258 e. The Morgan fingerprint density at radius 2 is 2.18 bits per heavy atom. The molecule has 0 bridgehead atoms. The van der Waals surface area contributed by atoms with Gasteiger partial charge in [-0.05, 0) is 43.9 Å². The van der Waals surface area contributed by atoms with Gasteiger partial charge >= 0.3 is 0 Å². The third-order valence-electron chi connectivity index (χ3n) is 3.69. The van der Waals surface area contributed by atoms with Gasteiger partial charge in [-0.2, -0.15) is 0 Å². The van der Waals surface area contributed by atoms with Crippen LogP contribution in [-0.4, -0.2) is 21.0 Å². The Labute approximate surface area is 127 Å². The van der Waals surface area contributed by atoms with Crippen LogP contribution in [0.2, 0.25) is 0 Å². The molecule has 0 unspecified atom stereocenters. The molecule has 3 rings (SSSR count). The number of amides is 1. The summed E-state index contributed by atoms with van der Waals surface area (Å²) >= 11 is 0. The van der Waals surface area contributed by atoms with Crippen molar-refractivity contribution < 1.29 is 14.3 Å². The highest BCUT2D eigenvalue weighted by Crippen LogP contribution is 2.40. The molecule has 1 aromatic heterocycles. The van der Waals surface area contributed by atoms with E-state index in [4.69, 9.17) is 0 Å². The summed E-state index contributed by atoms with van der Waals surface area (Å²) in [4.78, 5) is 20.9. The molecule has 1 fully saturated rings. The third-order valence-corrected chi connectivity index (χ3v) is 3.69. The highest BCUT2D eigenvalue weighted by Gasteiger charge is 2.36. The Morgan fingerprint density at radius 1 is 1.41 bits per heavy atom. The van der Waals surface area contributed by atoms with Crippen LogP contribution in [0.4, 0.5) is 4.39 Å². The molecule has 2 aromatic rings. The zero-order valence-corrected chi connectivity index (χ0v) is 12.1. The van der Waals surface area contributed by atoms with Crippen LogP contribution >= 0.6 is 0 Å². The highest BCUT2D eigenvalue weighted by atomic mass is 19.1. The second kappa shape index (κ2) is 5.71. The second-order valence-corrected chi connectivity index (χ2v) is 5.48. The molecule has 5 nitrogen and oxygen atoms in total. The number of phenolic OH excluding ortho intramolecular Hbond substituents is 1. The minimum absolute atomic E-state index is 0.250. The van der Waals surface area contributed by atoms with Gasteiger partial charge < -0.3 is 10.4 Å². The number of benzene rings is 1. The molecule has 1 amide bonds. The monoisotopic (exact) mass is 301 g/mol. The number of aromatic hydroxyl groups is 1. The molecular weight excluding hydrogens is 285 g/mol. The number of carbonyl (C=O) groups is 1. The molecule has 1 aliphatic rings. The lowest BCUT2D eigenvalue weighted by Gasteiger charge is -2.17. The minimum Gasteiger partial charge on any atom is -0.507 e. The summed E-state index contributed by atoms with van der Waals surface area (Å²) in [6.07, 6.45) is 3.57. The van der Waals surface area contributed by atoms with Crippen LogP contribution in [0.5, 0.6) is 5.75 Å². The predicted octanol–water partition coefficient (Wildman–Crippen LogP) is 2.51. The number of aryl methyl sites for hydroxylation is 1. The fraction of sp³-hybridized carbons (Fsp3) is 0.312. The van der Waals surface area contributed by atoms with Crippen LogP contribution in [0, 0.1) is 18.7 Å². The van der Waals surface area contributed by atoms with Crippen molar-refractivity contribution in [3.05, 3.63) is 53.4 Å². The lowest BCUT2D eigenvalue weighted by atomic mass is 10.1. The van der Waals surface area contributed by atoms with Gasteiger partial charge in [-0.25, -0.2) is 14.4 Å². The maximum absolute atomic E-state index is 13.8. The summed E-state index contributed by atoms with van der Waals surface area (Å²) in [6.45, 7) is 1.85. The van der Waals surface area contributed by atoms with Gasteiger partial charge in [0.2, 0.25) is 0 Å². The number of halogens is 1. The standard InChI is InChI=1S/C16H16FN3O2/c1-9-7-8-18-15(19-9)14(10-5-6-10)20-16(22)13-11(17)3-2-4-12(13)21/h2-4,7-8,10,14,21H,5-6H2,1H3,(H,20,22)/t14-/m1/s1. The Balaban J connectivity index is 1.87. The van der Waals surface area contributed by atoms with E-state index in [1.54, 1.807) is 12.3 Å². The second-order valence-electron chi connectivity index (χ2n) is 5.48. The van der Waals surface area contributed by atoms with Crippen LogP contribution in [-0.2, 0) is 0 Å². The summed E-state index contributed by atoms with van der Waals surface area (Å²) in [6, 6.07) is 5.19. The molecule has 114 valence electrons. The van der Waals surface area contributed by atoms with E-state index < -0.39 is 11.7 Å². The number of nitrogens with zero attached hydrogens (tertiary/aromatic N) is 2. The van der Waals surface area contributed by atoms with Crippen molar-refractivity contribution in [2.45, 2.75) is 25.8 Å². The molecule has 0 aliphatic heterocycles. The minimum atomic E-state index is -0.753. The Kier molecular flexibility index (Phi) is 3.75. The number of hydrogen-bond donors (Lipinski definition) is 2. The van der Waals surface area contributed by atoms with Gasteiger partial charge in [0.05, 0.1) is 6.04 Å². The van der Waals surface area contributed by atoms with E-state index in [9.17, 15) is 14.3 Å². The van der Waals surface area contributed by atoms with E-state index in [1.807, 2.05) is 6.92 Å². The van der Waals surface area contributed by atoms with Gasteiger partial charge in [-0.1, -0.05) is 6.07 Å². The molecule has 1 saturated carbocycles. The van der Waals surface area contributed by atoms with Crippen LogP contribution < -0.4 is 5.32 Å². The van der Waals surface area contributed by atoms with Crippen LogP contribution in [0.25, 0.3) is 0 Å². The normalized spacial score (nSPS) is 15.4. The van der Waals surface area contributed by atoms with Crippen molar-refractivity contribution in [1.82, 2.24) is 15.3 Å². The maximum Gasteiger partial charge on any atom is 0.258 e. The molecule has 0 radical (unpaired) electrons. The van der Waals surface area contributed by atoms with Crippen molar-refractivity contribution in [3.63, 3.8) is 0 Å². The van der Waals surface area contributed by atoms with Gasteiger partial charge in [0.1, 0.15) is 17.1 Å². The highest BCUT2D eigenvalue weighted by molar-refractivity contribution is 5.97. The first-order chi connectivity index (χ1) is 10.6. The SMILES string of the molecule is Cc1ccnc([C@H](NC(=O)c2c(O)cccc2F)C2CC2)n1. The van der Waals surface area contributed by atoms with E-state index in [2.05, 4.69) is 15.3 Å². The fourth-order valence-electron chi connectivity index (χ4n) is 2.39. The fourth-order valence-corrected chi connectivity index (χ4v) is 2.39. The molecule has 6 heteroatoms. The van der Waals surface area contributed by atoms with E-state index in [0.29, 0.717) is 5.82 Å². The number of carbonyl (C=O) groups excluding carboxylic acids is 1. The molecule has 0 saturated heterocycles. The molecule has 1 atom stereocenters. The van der Waals surface area contributed by atoms with Gasteiger partial charge in [0.15, 0.2) is 5.82 Å². The Hall–Kier alpha value is -2.50. The zero-order valence-electron chi connectivity index (χ0n) is 12.1. The lowest BCUT2D eigenvalue weighted by Crippen LogP contribution is -2.32. The first-order valence-corrected chi connectivity index (χ1v) is 7.14. The van der Waals surface area contributed by atoms with E-state index in [0.717, 1.165) is 24.6 Å². The summed E-state index contributed by atoms with van der Waals surface area (Å²) < 4.78 is 13.8. The molecule has 1 heterocycles. The third kappa shape index (κ3) is 2.90. The number of phenols is 1. The van der Waals surface area contributed by atoms with Crippen LogP contribution in [0.1, 0.15) is 40.8 Å². The number of nitrogens with one attached hydrogen (secondary N) is 1. The quantitative estimate of drug-likeness (QED) is 0.910. The number of rotatable bonds is 4.